The Labute approximate surface area is 160 Å². The number of nitrogens with zero attached hydrogens (tertiary/aromatic N) is 2. The van der Waals surface area contributed by atoms with E-state index in [2.05, 4.69) is 83.5 Å². The Morgan fingerprint density at radius 3 is 2.78 bits per heavy atom. The van der Waals surface area contributed by atoms with E-state index in [-0.39, 0.29) is 11.4 Å². The Morgan fingerprint density at radius 1 is 1.15 bits per heavy atom. The van der Waals surface area contributed by atoms with E-state index in [1.807, 2.05) is 0 Å². The molecule has 1 atom stereocenters. The number of hydrogen-bond donors (Lipinski definition) is 1. The van der Waals surface area contributed by atoms with Gasteiger partial charge in [0.15, 0.2) is 0 Å². The van der Waals surface area contributed by atoms with E-state index in [1.165, 1.54) is 27.6 Å². The first kappa shape index (κ1) is 17.8. The minimum absolute atomic E-state index is 0.0534. The van der Waals surface area contributed by atoms with E-state index in [1.54, 1.807) is 6.92 Å². The van der Waals surface area contributed by atoms with E-state index in [0.29, 0.717) is 0 Å². The third kappa shape index (κ3) is 3.76. The van der Waals surface area contributed by atoms with Crippen LogP contribution >= 0.6 is 0 Å². The van der Waals surface area contributed by atoms with Crippen LogP contribution in [0.3, 0.4) is 0 Å². The van der Waals surface area contributed by atoms with Gasteiger partial charge in [-0.25, -0.2) is 0 Å². The first-order chi connectivity index (χ1) is 12.9. The van der Waals surface area contributed by atoms with Crippen LogP contribution in [0.4, 0.5) is 0 Å². The number of aryl methyl sites for hydroxylation is 1. The topological polar surface area (TPSA) is 37.3 Å². The predicted molar refractivity (Wildman–Crippen MR) is 110 cm³/mol. The van der Waals surface area contributed by atoms with Crippen molar-refractivity contribution in [3.05, 3.63) is 60.3 Å². The fraction of sp³-hybridized carbons (Fsp3) is 0.348. The maximum atomic E-state index is 11.4. The molecule has 3 aromatic rings. The van der Waals surface area contributed by atoms with Gasteiger partial charge in [-0.3, -0.25) is 9.69 Å². The van der Waals surface area contributed by atoms with Crippen LogP contribution in [0.5, 0.6) is 0 Å². The number of fused-ring (bicyclic) bond motifs is 1. The molecule has 1 saturated heterocycles. The van der Waals surface area contributed by atoms with Gasteiger partial charge >= 0.3 is 0 Å². The van der Waals surface area contributed by atoms with Crippen molar-refractivity contribution in [3.63, 3.8) is 0 Å². The number of aromatic nitrogens is 1. The van der Waals surface area contributed by atoms with Gasteiger partial charge in [-0.15, -0.1) is 0 Å². The van der Waals surface area contributed by atoms with E-state index in [0.717, 1.165) is 26.1 Å². The molecule has 140 valence electrons. The summed E-state index contributed by atoms with van der Waals surface area (Å²) in [5.41, 5.74) is 4.96. The van der Waals surface area contributed by atoms with Crippen LogP contribution in [-0.4, -0.2) is 34.0 Å². The van der Waals surface area contributed by atoms with Crippen molar-refractivity contribution in [1.82, 2.24) is 14.8 Å². The van der Waals surface area contributed by atoms with Gasteiger partial charge in [-0.2, -0.15) is 0 Å². The maximum Gasteiger partial charge on any atom is 0.217 e. The number of likely N-dealkylation sites (tertiary alicyclic amines) is 1. The first-order valence-electron chi connectivity index (χ1n) is 9.57. The van der Waals surface area contributed by atoms with Gasteiger partial charge in [0.1, 0.15) is 0 Å². The molecular formula is C23H27N3O. The van der Waals surface area contributed by atoms with Crippen LogP contribution in [0, 0.1) is 0 Å². The number of hydrogen-bond acceptors (Lipinski definition) is 2. The second kappa shape index (κ2) is 6.86. The molecular weight excluding hydrogens is 334 g/mol. The van der Waals surface area contributed by atoms with Gasteiger partial charge < -0.3 is 9.88 Å². The summed E-state index contributed by atoms with van der Waals surface area (Å²) in [5.74, 6) is 0.0534. The van der Waals surface area contributed by atoms with E-state index in [4.69, 9.17) is 0 Å². The average molecular weight is 361 g/mol. The summed E-state index contributed by atoms with van der Waals surface area (Å²) in [5, 5.41) is 4.38. The third-order valence-corrected chi connectivity index (χ3v) is 5.58. The first-order valence-corrected chi connectivity index (χ1v) is 9.57. The van der Waals surface area contributed by atoms with E-state index in [9.17, 15) is 4.79 Å². The van der Waals surface area contributed by atoms with Gasteiger partial charge in [-0.1, -0.05) is 24.3 Å². The molecule has 0 bridgehead atoms. The molecule has 1 aliphatic heterocycles. The quantitative estimate of drug-likeness (QED) is 0.764. The summed E-state index contributed by atoms with van der Waals surface area (Å²) < 4.78 is 2.15. The van der Waals surface area contributed by atoms with Crippen LogP contribution in [0.25, 0.3) is 22.0 Å². The van der Waals surface area contributed by atoms with Crippen molar-refractivity contribution in [2.45, 2.75) is 32.4 Å². The van der Waals surface area contributed by atoms with Crippen LogP contribution in [0.1, 0.15) is 25.8 Å². The molecule has 1 aliphatic rings. The number of carbonyl (C=O) groups is 1. The average Bonchev–Trinajstić information content (AvgIpc) is 3.17. The Kier molecular flexibility index (Phi) is 4.52. The molecule has 27 heavy (non-hydrogen) atoms. The maximum absolute atomic E-state index is 11.4. The van der Waals surface area contributed by atoms with Crippen molar-refractivity contribution in [2.75, 3.05) is 13.1 Å². The summed E-state index contributed by atoms with van der Waals surface area (Å²) in [7, 11) is 2.08. The molecule has 0 radical (unpaired) electrons. The lowest BCUT2D eigenvalue weighted by atomic mass is 10.0. The Hall–Kier alpha value is -2.59. The minimum Gasteiger partial charge on any atom is -0.351 e. The summed E-state index contributed by atoms with van der Waals surface area (Å²) in [6.07, 6.45) is 3.10. The zero-order valence-electron chi connectivity index (χ0n) is 16.3. The van der Waals surface area contributed by atoms with Gasteiger partial charge in [0, 0.05) is 50.7 Å². The second-order valence-corrected chi connectivity index (χ2v) is 8.10. The fourth-order valence-corrected chi connectivity index (χ4v) is 4.29. The molecule has 0 aliphatic carbocycles. The van der Waals surface area contributed by atoms with Crippen LogP contribution in [0.2, 0.25) is 0 Å². The molecule has 4 rings (SSSR count). The molecule has 1 N–H and O–H groups in total. The number of rotatable bonds is 4. The molecule has 0 spiro atoms. The molecule has 4 heteroatoms. The standard InChI is InChI=1S/C23H27N3O/c1-17(27)24-23(2)10-12-26(16-23)15-18-5-4-6-19(13-18)20-7-8-22-21(14-20)9-11-25(22)3/h4-9,11,13-14H,10,12,15-16H2,1-3H3,(H,24,27). The highest BCUT2D eigenvalue weighted by Gasteiger charge is 2.34. The van der Waals surface area contributed by atoms with Crippen LogP contribution in [-0.2, 0) is 18.4 Å². The van der Waals surface area contributed by atoms with Crippen molar-refractivity contribution in [3.8, 4) is 11.1 Å². The van der Waals surface area contributed by atoms with Gasteiger partial charge in [-0.05, 0) is 54.3 Å². The molecule has 1 unspecified atom stereocenters. The largest absolute Gasteiger partial charge is 0.351 e. The number of nitrogens with one attached hydrogen (secondary N) is 1. The molecule has 1 amide bonds. The van der Waals surface area contributed by atoms with Crippen LogP contribution in [0.15, 0.2) is 54.7 Å². The van der Waals surface area contributed by atoms with Crippen molar-refractivity contribution in [1.29, 1.82) is 0 Å². The minimum atomic E-state index is -0.109. The van der Waals surface area contributed by atoms with Crippen LogP contribution < -0.4 is 5.32 Å². The third-order valence-electron chi connectivity index (χ3n) is 5.58. The lowest BCUT2D eigenvalue weighted by Gasteiger charge is -2.25. The van der Waals surface area contributed by atoms with E-state index < -0.39 is 0 Å². The molecule has 0 saturated carbocycles. The summed E-state index contributed by atoms with van der Waals surface area (Å²) in [6, 6.07) is 17.6. The lowest BCUT2D eigenvalue weighted by molar-refractivity contribution is -0.120. The zero-order chi connectivity index (χ0) is 19.0. The van der Waals surface area contributed by atoms with E-state index >= 15 is 0 Å². The van der Waals surface area contributed by atoms with Crippen molar-refractivity contribution in [2.24, 2.45) is 7.05 Å². The molecule has 4 nitrogen and oxygen atoms in total. The number of carbonyl (C=O) groups excluding carboxylic acids is 1. The Balaban J connectivity index is 1.51. The Morgan fingerprint density at radius 2 is 1.96 bits per heavy atom. The highest BCUT2D eigenvalue weighted by molar-refractivity contribution is 5.85. The molecule has 1 fully saturated rings. The monoisotopic (exact) mass is 361 g/mol. The normalized spacial score (nSPS) is 20.3. The second-order valence-electron chi connectivity index (χ2n) is 8.10. The summed E-state index contributed by atoms with van der Waals surface area (Å²) >= 11 is 0. The van der Waals surface area contributed by atoms with Crippen molar-refractivity contribution >= 4 is 16.8 Å². The van der Waals surface area contributed by atoms with Crippen molar-refractivity contribution < 1.29 is 4.79 Å². The SMILES string of the molecule is CC(=O)NC1(C)CCN(Cc2cccc(-c3ccc4c(ccn4C)c3)c2)C1. The Bertz CT molecular complexity index is 990. The highest BCUT2D eigenvalue weighted by atomic mass is 16.1. The zero-order valence-corrected chi connectivity index (χ0v) is 16.3. The summed E-state index contributed by atoms with van der Waals surface area (Å²) in [4.78, 5) is 13.9. The molecule has 1 aromatic heterocycles. The number of amides is 1. The smallest absolute Gasteiger partial charge is 0.217 e. The lowest BCUT2D eigenvalue weighted by Crippen LogP contribution is -2.46. The number of benzene rings is 2. The molecule has 2 aromatic carbocycles. The van der Waals surface area contributed by atoms with Gasteiger partial charge in [0.2, 0.25) is 5.91 Å². The van der Waals surface area contributed by atoms with Gasteiger partial charge in [0.05, 0.1) is 5.54 Å². The van der Waals surface area contributed by atoms with Gasteiger partial charge in [0.25, 0.3) is 0 Å². The highest BCUT2D eigenvalue weighted by Crippen LogP contribution is 2.27. The predicted octanol–water partition coefficient (Wildman–Crippen LogP) is 3.95. The fourth-order valence-electron chi connectivity index (χ4n) is 4.29. The summed E-state index contributed by atoms with van der Waals surface area (Å²) in [6.45, 7) is 6.56. The molecule has 2 heterocycles.